The van der Waals surface area contributed by atoms with Gasteiger partial charge in [-0.15, -0.1) is 0 Å². The quantitative estimate of drug-likeness (QED) is 0.719. The molecule has 0 amide bonds. The lowest BCUT2D eigenvalue weighted by Gasteiger charge is -2.23. The first kappa shape index (κ1) is 10.4. The summed E-state index contributed by atoms with van der Waals surface area (Å²) < 4.78 is 14.0. The summed E-state index contributed by atoms with van der Waals surface area (Å²) in [5, 5.41) is 10.2. The van der Waals surface area contributed by atoms with Crippen LogP contribution in [0.15, 0.2) is 10.5 Å². The Bertz CT molecular complexity index is 381. The van der Waals surface area contributed by atoms with E-state index in [0.29, 0.717) is 33.5 Å². The van der Waals surface area contributed by atoms with Gasteiger partial charge in [0.05, 0.1) is 11.1 Å². The molecule has 1 atom stereocenters. The van der Waals surface area contributed by atoms with Crippen molar-refractivity contribution in [3.05, 3.63) is 32.5 Å². The second kappa shape index (κ2) is 3.80. The van der Waals surface area contributed by atoms with Crippen LogP contribution in [-0.2, 0) is 6.42 Å². The molecule has 0 heterocycles. The maximum absolute atomic E-state index is 13.5. The van der Waals surface area contributed by atoms with Gasteiger partial charge in [-0.3, -0.25) is 0 Å². The molecule has 0 aliphatic heterocycles. The molecule has 0 saturated carbocycles. The first-order valence-electron chi connectivity index (χ1n) is 4.45. The third-order valence-corrected chi connectivity index (χ3v) is 3.81. The molecule has 0 radical (unpaired) electrons. The van der Waals surface area contributed by atoms with Crippen molar-refractivity contribution in [2.24, 2.45) is 0 Å². The topological polar surface area (TPSA) is 20.2 Å². The van der Waals surface area contributed by atoms with E-state index in [-0.39, 0.29) is 5.82 Å². The lowest BCUT2D eigenvalue weighted by Crippen LogP contribution is -2.12. The number of hydrogen-bond donors (Lipinski definition) is 1. The highest BCUT2D eigenvalue weighted by molar-refractivity contribution is 9.10. The summed E-state index contributed by atoms with van der Waals surface area (Å²) in [5.74, 6) is -0.282. The summed E-state index contributed by atoms with van der Waals surface area (Å²) in [6.45, 7) is 0. The van der Waals surface area contributed by atoms with Crippen molar-refractivity contribution < 1.29 is 9.50 Å². The van der Waals surface area contributed by atoms with E-state index in [4.69, 9.17) is 11.6 Å². The Morgan fingerprint density at radius 3 is 3.00 bits per heavy atom. The molecule has 1 nitrogen and oxygen atoms in total. The molecule has 0 saturated heterocycles. The summed E-state index contributed by atoms with van der Waals surface area (Å²) in [5.41, 5.74) is 1.13. The van der Waals surface area contributed by atoms with Crippen LogP contribution >= 0.6 is 27.5 Å². The van der Waals surface area contributed by atoms with Crippen LogP contribution in [0.5, 0.6) is 0 Å². The van der Waals surface area contributed by atoms with Crippen molar-refractivity contribution in [2.45, 2.75) is 25.4 Å². The average Bonchev–Trinajstić information content (AvgIpc) is 2.14. The van der Waals surface area contributed by atoms with E-state index in [1.54, 1.807) is 0 Å². The van der Waals surface area contributed by atoms with Crippen LogP contribution in [0.3, 0.4) is 0 Å². The molecular formula is C10H9BrClFO. The number of fused-ring (bicyclic) bond motifs is 1. The first-order valence-corrected chi connectivity index (χ1v) is 5.62. The predicted molar refractivity (Wildman–Crippen MR) is 57.0 cm³/mol. The first-order chi connectivity index (χ1) is 6.61. The standard InChI is InChI=1S/C10H9BrClFO/c11-6-4-7(13)5-2-1-3-8(14)9(5)10(6)12/h4,8,14H,1-3H2/t8-/m0/s1. The molecule has 0 aromatic heterocycles. The highest BCUT2D eigenvalue weighted by atomic mass is 79.9. The van der Waals surface area contributed by atoms with Crippen LogP contribution in [0, 0.1) is 5.82 Å². The summed E-state index contributed by atoms with van der Waals surface area (Å²) in [6.07, 6.45) is 1.50. The molecule has 1 aliphatic carbocycles. The minimum Gasteiger partial charge on any atom is -0.388 e. The summed E-state index contributed by atoms with van der Waals surface area (Å²) in [4.78, 5) is 0. The largest absolute Gasteiger partial charge is 0.388 e. The molecule has 1 aromatic rings. The van der Waals surface area contributed by atoms with Gasteiger partial charge in [0.15, 0.2) is 0 Å². The SMILES string of the molecule is O[C@H]1CCCc2c(F)cc(Br)c(Cl)c21. The Morgan fingerprint density at radius 1 is 1.57 bits per heavy atom. The van der Waals surface area contributed by atoms with E-state index in [1.165, 1.54) is 6.07 Å². The van der Waals surface area contributed by atoms with Gasteiger partial charge in [-0.1, -0.05) is 11.6 Å². The number of benzene rings is 1. The minimum absolute atomic E-state index is 0.282. The molecule has 0 fully saturated rings. The fourth-order valence-corrected chi connectivity index (χ4v) is 2.58. The average molecular weight is 280 g/mol. The molecule has 1 aliphatic rings. The van der Waals surface area contributed by atoms with Gasteiger partial charge < -0.3 is 5.11 Å². The van der Waals surface area contributed by atoms with Crippen molar-refractivity contribution in [1.82, 2.24) is 0 Å². The van der Waals surface area contributed by atoms with Gasteiger partial charge in [0.1, 0.15) is 5.82 Å². The summed E-state index contributed by atoms with van der Waals surface area (Å²) >= 11 is 9.17. The lowest BCUT2D eigenvalue weighted by atomic mass is 9.89. The van der Waals surface area contributed by atoms with Crippen molar-refractivity contribution >= 4 is 27.5 Å². The molecule has 0 unspecified atom stereocenters. The third kappa shape index (κ3) is 1.58. The molecule has 14 heavy (non-hydrogen) atoms. The predicted octanol–water partition coefficient (Wildman–Crippen LogP) is 3.61. The Balaban J connectivity index is 2.67. The van der Waals surface area contributed by atoms with Gasteiger partial charge in [0.2, 0.25) is 0 Å². The van der Waals surface area contributed by atoms with Crippen molar-refractivity contribution in [3.8, 4) is 0 Å². The summed E-state index contributed by atoms with van der Waals surface area (Å²) in [6, 6.07) is 1.36. The number of aliphatic hydroxyl groups is 1. The molecule has 76 valence electrons. The molecule has 4 heteroatoms. The Kier molecular flexibility index (Phi) is 2.82. The van der Waals surface area contributed by atoms with Crippen molar-refractivity contribution in [3.63, 3.8) is 0 Å². The van der Waals surface area contributed by atoms with Crippen molar-refractivity contribution in [2.75, 3.05) is 0 Å². The van der Waals surface area contributed by atoms with Gasteiger partial charge >= 0.3 is 0 Å². The van der Waals surface area contributed by atoms with Crippen molar-refractivity contribution in [1.29, 1.82) is 0 Å². The third-order valence-electron chi connectivity index (χ3n) is 2.55. The van der Waals surface area contributed by atoms with E-state index in [1.807, 2.05) is 0 Å². The zero-order valence-corrected chi connectivity index (χ0v) is 9.70. The highest BCUT2D eigenvalue weighted by Crippen LogP contribution is 2.40. The molecule has 1 aromatic carbocycles. The Morgan fingerprint density at radius 2 is 2.29 bits per heavy atom. The van der Waals surface area contributed by atoms with Crippen LogP contribution in [0.4, 0.5) is 4.39 Å². The smallest absolute Gasteiger partial charge is 0.127 e. The van der Waals surface area contributed by atoms with E-state index in [9.17, 15) is 9.50 Å². The van der Waals surface area contributed by atoms with E-state index < -0.39 is 6.10 Å². The van der Waals surface area contributed by atoms with Gasteiger partial charge in [-0.05, 0) is 46.8 Å². The Hall–Kier alpha value is -0.120. The minimum atomic E-state index is -0.627. The van der Waals surface area contributed by atoms with Crippen LogP contribution in [0.25, 0.3) is 0 Å². The van der Waals surface area contributed by atoms with Gasteiger partial charge in [0.25, 0.3) is 0 Å². The van der Waals surface area contributed by atoms with E-state index in [0.717, 1.165) is 6.42 Å². The second-order valence-electron chi connectivity index (χ2n) is 3.45. The highest BCUT2D eigenvalue weighted by Gasteiger charge is 2.25. The normalized spacial score (nSPS) is 20.7. The number of halogens is 3. The molecule has 0 bridgehead atoms. The molecule has 1 N–H and O–H groups in total. The zero-order valence-electron chi connectivity index (χ0n) is 7.36. The van der Waals surface area contributed by atoms with Gasteiger partial charge in [-0.25, -0.2) is 4.39 Å². The number of hydrogen-bond acceptors (Lipinski definition) is 1. The van der Waals surface area contributed by atoms with Crippen LogP contribution in [-0.4, -0.2) is 5.11 Å². The van der Waals surface area contributed by atoms with Crippen LogP contribution < -0.4 is 0 Å². The fourth-order valence-electron chi connectivity index (χ4n) is 1.87. The molecule has 2 rings (SSSR count). The summed E-state index contributed by atoms with van der Waals surface area (Å²) in [7, 11) is 0. The van der Waals surface area contributed by atoms with Gasteiger partial charge in [0, 0.05) is 10.0 Å². The van der Waals surface area contributed by atoms with Crippen LogP contribution in [0.1, 0.15) is 30.1 Å². The Labute approximate surface area is 95.0 Å². The number of rotatable bonds is 0. The monoisotopic (exact) mass is 278 g/mol. The van der Waals surface area contributed by atoms with E-state index >= 15 is 0 Å². The van der Waals surface area contributed by atoms with Crippen LogP contribution in [0.2, 0.25) is 5.02 Å². The molecular weight excluding hydrogens is 270 g/mol. The van der Waals surface area contributed by atoms with E-state index in [2.05, 4.69) is 15.9 Å². The maximum atomic E-state index is 13.5. The second-order valence-corrected chi connectivity index (χ2v) is 4.69. The lowest BCUT2D eigenvalue weighted by molar-refractivity contribution is 0.155. The molecule has 0 spiro atoms. The maximum Gasteiger partial charge on any atom is 0.127 e. The van der Waals surface area contributed by atoms with Gasteiger partial charge in [-0.2, -0.15) is 0 Å². The number of aliphatic hydroxyl groups excluding tert-OH is 1. The zero-order chi connectivity index (χ0) is 10.3. The fraction of sp³-hybridized carbons (Fsp3) is 0.400.